The highest BCUT2D eigenvalue weighted by molar-refractivity contribution is 9.11. The van der Waals surface area contributed by atoms with E-state index < -0.39 is 6.29 Å². The van der Waals surface area contributed by atoms with Crippen molar-refractivity contribution in [1.82, 2.24) is 0 Å². The molecule has 1 heterocycles. The summed E-state index contributed by atoms with van der Waals surface area (Å²) in [6, 6.07) is 4.13. The van der Waals surface area contributed by atoms with Crippen LogP contribution in [0.2, 0.25) is 0 Å². The number of hydrogen-bond acceptors (Lipinski definition) is 2. The number of benzene rings is 1. The summed E-state index contributed by atoms with van der Waals surface area (Å²) in [6.07, 6.45) is 0.644. The van der Waals surface area contributed by atoms with Gasteiger partial charge in [-0.1, -0.05) is 0 Å². The van der Waals surface area contributed by atoms with E-state index in [1.54, 1.807) is 6.08 Å². The summed E-state index contributed by atoms with van der Waals surface area (Å²) in [5.41, 5.74) is 0.622. The SMILES string of the molecule is OC1Oc2ccc(F)cc2C=C1Br. The van der Waals surface area contributed by atoms with Gasteiger partial charge in [0.15, 0.2) is 0 Å². The van der Waals surface area contributed by atoms with Crippen LogP contribution in [0.25, 0.3) is 6.08 Å². The zero-order valence-electron chi connectivity index (χ0n) is 6.50. The predicted octanol–water partition coefficient (Wildman–Crippen LogP) is 2.27. The molecule has 0 aliphatic carbocycles. The monoisotopic (exact) mass is 244 g/mol. The predicted molar refractivity (Wildman–Crippen MR) is 49.9 cm³/mol. The van der Waals surface area contributed by atoms with E-state index >= 15 is 0 Å². The maximum Gasteiger partial charge on any atom is 0.230 e. The summed E-state index contributed by atoms with van der Waals surface area (Å²) in [4.78, 5) is 0. The number of fused-ring (bicyclic) bond motifs is 1. The number of aliphatic hydroxyl groups is 1. The van der Waals surface area contributed by atoms with Gasteiger partial charge in [-0.2, -0.15) is 0 Å². The summed E-state index contributed by atoms with van der Waals surface area (Å²) in [5.74, 6) is 0.160. The first kappa shape index (κ1) is 8.72. The van der Waals surface area contributed by atoms with Crippen molar-refractivity contribution >= 4 is 22.0 Å². The van der Waals surface area contributed by atoms with Crippen molar-refractivity contribution in [2.24, 2.45) is 0 Å². The third kappa shape index (κ3) is 1.59. The Morgan fingerprint density at radius 2 is 2.23 bits per heavy atom. The van der Waals surface area contributed by atoms with Gasteiger partial charge in [0, 0.05) is 5.56 Å². The molecule has 0 fully saturated rings. The molecule has 0 bridgehead atoms. The van der Waals surface area contributed by atoms with Crippen LogP contribution < -0.4 is 4.74 Å². The van der Waals surface area contributed by atoms with Gasteiger partial charge in [0.2, 0.25) is 6.29 Å². The van der Waals surface area contributed by atoms with Crippen molar-refractivity contribution in [2.75, 3.05) is 0 Å². The van der Waals surface area contributed by atoms with Crippen LogP contribution in [0, 0.1) is 5.82 Å². The van der Waals surface area contributed by atoms with E-state index in [1.165, 1.54) is 18.2 Å². The second kappa shape index (κ2) is 3.12. The molecule has 1 aromatic rings. The minimum Gasteiger partial charge on any atom is -0.460 e. The van der Waals surface area contributed by atoms with Gasteiger partial charge < -0.3 is 9.84 Å². The molecule has 1 aromatic carbocycles. The second-order valence-corrected chi connectivity index (χ2v) is 3.60. The lowest BCUT2D eigenvalue weighted by Gasteiger charge is -2.19. The molecule has 1 N–H and O–H groups in total. The average molecular weight is 245 g/mol. The lowest BCUT2D eigenvalue weighted by molar-refractivity contribution is 0.0204. The fraction of sp³-hybridized carbons (Fsp3) is 0.111. The molecular formula is C9H6BrFO2. The Morgan fingerprint density at radius 3 is 3.00 bits per heavy atom. The normalized spacial score (nSPS) is 20.2. The van der Waals surface area contributed by atoms with Crippen molar-refractivity contribution < 1.29 is 14.2 Å². The minimum absolute atomic E-state index is 0.324. The molecule has 2 nitrogen and oxygen atoms in total. The molecule has 0 radical (unpaired) electrons. The molecule has 1 aliphatic heterocycles. The van der Waals surface area contributed by atoms with Gasteiger partial charge in [-0.25, -0.2) is 4.39 Å². The first-order valence-corrected chi connectivity index (χ1v) is 4.47. The fourth-order valence-corrected chi connectivity index (χ4v) is 1.48. The van der Waals surface area contributed by atoms with Crippen LogP contribution >= 0.6 is 15.9 Å². The van der Waals surface area contributed by atoms with Gasteiger partial charge in [-0.05, 0) is 40.2 Å². The number of halogens is 2. The van der Waals surface area contributed by atoms with Gasteiger partial charge in [0.25, 0.3) is 0 Å². The Hall–Kier alpha value is -0.870. The van der Waals surface area contributed by atoms with Crippen LogP contribution in [0.1, 0.15) is 5.56 Å². The van der Waals surface area contributed by atoms with Crippen LogP contribution in [0.3, 0.4) is 0 Å². The smallest absolute Gasteiger partial charge is 0.230 e. The minimum atomic E-state index is -0.988. The zero-order chi connectivity index (χ0) is 9.42. The van der Waals surface area contributed by atoms with Gasteiger partial charge in [0.1, 0.15) is 11.6 Å². The number of ether oxygens (including phenoxy) is 1. The van der Waals surface area contributed by atoms with Gasteiger partial charge >= 0.3 is 0 Å². The molecule has 4 heteroatoms. The number of aliphatic hydroxyl groups excluding tert-OH is 1. The Morgan fingerprint density at radius 1 is 1.46 bits per heavy atom. The molecule has 1 aliphatic rings. The van der Waals surface area contributed by atoms with Crippen LogP contribution in [0.5, 0.6) is 5.75 Å². The Kier molecular flexibility index (Phi) is 2.09. The third-order valence-corrected chi connectivity index (χ3v) is 2.36. The third-order valence-electron chi connectivity index (χ3n) is 1.74. The topological polar surface area (TPSA) is 29.5 Å². The summed E-state index contributed by atoms with van der Waals surface area (Å²) in [6.45, 7) is 0. The van der Waals surface area contributed by atoms with E-state index in [4.69, 9.17) is 4.74 Å². The molecule has 0 saturated carbocycles. The van der Waals surface area contributed by atoms with Gasteiger partial charge in [-0.15, -0.1) is 0 Å². The van der Waals surface area contributed by atoms with Crippen molar-refractivity contribution in [3.8, 4) is 5.75 Å². The quantitative estimate of drug-likeness (QED) is 0.759. The Balaban J connectivity index is 2.51. The summed E-state index contributed by atoms with van der Waals surface area (Å²) >= 11 is 3.11. The van der Waals surface area contributed by atoms with Crippen molar-refractivity contribution in [2.45, 2.75) is 6.29 Å². The van der Waals surface area contributed by atoms with Crippen molar-refractivity contribution in [3.63, 3.8) is 0 Å². The standard InChI is InChI=1S/C9H6BrFO2/c10-7-4-5-3-6(11)1-2-8(5)13-9(7)12/h1-4,9,12H. The lowest BCUT2D eigenvalue weighted by Crippen LogP contribution is -2.18. The van der Waals surface area contributed by atoms with Crippen LogP contribution in [-0.2, 0) is 0 Å². The zero-order valence-corrected chi connectivity index (χ0v) is 8.08. The number of rotatable bonds is 0. The van der Waals surface area contributed by atoms with Crippen LogP contribution in [0.15, 0.2) is 22.7 Å². The van der Waals surface area contributed by atoms with E-state index in [0.29, 0.717) is 15.8 Å². The highest BCUT2D eigenvalue weighted by Crippen LogP contribution is 2.31. The van der Waals surface area contributed by atoms with E-state index in [2.05, 4.69) is 15.9 Å². The number of hydrogen-bond donors (Lipinski definition) is 1. The maximum absolute atomic E-state index is 12.8. The van der Waals surface area contributed by atoms with E-state index in [1.807, 2.05) is 0 Å². The van der Waals surface area contributed by atoms with Crippen LogP contribution in [0.4, 0.5) is 4.39 Å². The van der Waals surface area contributed by atoms with Crippen molar-refractivity contribution in [1.29, 1.82) is 0 Å². The molecule has 0 saturated heterocycles. The molecule has 13 heavy (non-hydrogen) atoms. The highest BCUT2D eigenvalue weighted by atomic mass is 79.9. The van der Waals surface area contributed by atoms with Crippen LogP contribution in [-0.4, -0.2) is 11.4 Å². The molecule has 1 unspecified atom stereocenters. The summed E-state index contributed by atoms with van der Waals surface area (Å²) < 4.78 is 18.3. The van der Waals surface area contributed by atoms with Gasteiger partial charge in [0.05, 0.1) is 4.48 Å². The lowest BCUT2D eigenvalue weighted by atomic mass is 10.1. The molecule has 1 atom stereocenters. The Bertz CT molecular complexity index is 376. The first-order chi connectivity index (χ1) is 6.16. The Labute approximate surface area is 82.8 Å². The van der Waals surface area contributed by atoms with Gasteiger partial charge in [-0.3, -0.25) is 0 Å². The molecular weight excluding hydrogens is 239 g/mol. The summed E-state index contributed by atoms with van der Waals surface area (Å²) in [5, 5.41) is 9.26. The summed E-state index contributed by atoms with van der Waals surface area (Å²) in [7, 11) is 0. The van der Waals surface area contributed by atoms with E-state index in [9.17, 15) is 9.50 Å². The maximum atomic E-state index is 12.8. The van der Waals surface area contributed by atoms with E-state index in [0.717, 1.165) is 0 Å². The largest absolute Gasteiger partial charge is 0.460 e. The average Bonchev–Trinajstić information content (AvgIpc) is 2.08. The molecule has 0 aromatic heterocycles. The first-order valence-electron chi connectivity index (χ1n) is 3.68. The molecule has 2 rings (SSSR count). The molecule has 68 valence electrons. The fourth-order valence-electron chi connectivity index (χ4n) is 1.14. The highest BCUT2D eigenvalue weighted by Gasteiger charge is 2.18. The van der Waals surface area contributed by atoms with Crippen molar-refractivity contribution in [3.05, 3.63) is 34.1 Å². The molecule has 0 amide bonds. The molecule has 0 spiro atoms. The second-order valence-electron chi connectivity index (χ2n) is 2.68. The van der Waals surface area contributed by atoms with E-state index in [-0.39, 0.29) is 5.82 Å².